The molecule has 14 heavy (non-hydrogen) atoms. The number of aldehydes is 1. The summed E-state index contributed by atoms with van der Waals surface area (Å²) in [5.74, 6) is 0. The van der Waals surface area contributed by atoms with E-state index in [-0.39, 0.29) is 5.41 Å². The van der Waals surface area contributed by atoms with Crippen LogP contribution in [0.3, 0.4) is 0 Å². The SMILES string of the molecule is CC1(CC=O)CCc2ccccc2C1. The van der Waals surface area contributed by atoms with E-state index >= 15 is 0 Å². The molecule has 0 amide bonds. The Hall–Kier alpha value is -1.11. The molecule has 0 saturated heterocycles. The number of benzene rings is 1. The van der Waals surface area contributed by atoms with Crippen LogP contribution in [0.25, 0.3) is 0 Å². The predicted molar refractivity (Wildman–Crippen MR) is 57.3 cm³/mol. The Balaban J connectivity index is 2.24. The van der Waals surface area contributed by atoms with Crippen LogP contribution in [-0.2, 0) is 17.6 Å². The third-order valence-electron chi connectivity index (χ3n) is 3.31. The standard InChI is InChI=1S/C13H16O/c1-13(8-9-14)7-6-11-4-2-3-5-12(11)10-13/h2-5,9H,6-8,10H2,1H3. The van der Waals surface area contributed by atoms with Gasteiger partial charge in [0.25, 0.3) is 0 Å². The highest BCUT2D eigenvalue weighted by atomic mass is 16.1. The lowest BCUT2D eigenvalue weighted by molar-refractivity contribution is -0.109. The molecule has 0 heterocycles. The highest BCUT2D eigenvalue weighted by Gasteiger charge is 2.28. The highest BCUT2D eigenvalue weighted by molar-refractivity contribution is 5.51. The summed E-state index contributed by atoms with van der Waals surface area (Å²) in [7, 11) is 0. The van der Waals surface area contributed by atoms with E-state index in [1.54, 1.807) is 0 Å². The van der Waals surface area contributed by atoms with Crippen molar-refractivity contribution in [2.45, 2.75) is 32.6 Å². The highest BCUT2D eigenvalue weighted by Crippen LogP contribution is 2.36. The summed E-state index contributed by atoms with van der Waals surface area (Å²) in [5.41, 5.74) is 3.11. The summed E-state index contributed by atoms with van der Waals surface area (Å²) in [5, 5.41) is 0. The van der Waals surface area contributed by atoms with Crippen molar-refractivity contribution in [3.05, 3.63) is 35.4 Å². The van der Waals surface area contributed by atoms with Gasteiger partial charge in [0.05, 0.1) is 0 Å². The van der Waals surface area contributed by atoms with Gasteiger partial charge in [0.15, 0.2) is 0 Å². The van der Waals surface area contributed by atoms with Crippen LogP contribution < -0.4 is 0 Å². The minimum atomic E-state index is 0.204. The van der Waals surface area contributed by atoms with Crippen molar-refractivity contribution in [1.29, 1.82) is 0 Å². The molecular formula is C13H16O. The van der Waals surface area contributed by atoms with E-state index in [0.717, 1.165) is 25.5 Å². The molecule has 0 fully saturated rings. The molecule has 0 N–H and O–H groups in total. The number of carbonyl (C=O) groups excluding carboxylic acids is 1. The lowest BCUT2D eigenvalue weighted by atomic mass is 9.71. The van der Waals surface area contributed by atoms with Gasteiger partial charge < -0.3 is 4.79 Å². The first kappa shape index (κ1) is 9.45. The second kappa shape index (κ2) is 3.56. The van der Waals surface area contributed by atoms with Crippen LogP contribution >= 0.6 is 0 Å². The molecule has 0 radical (unpaired) electrons. The first-order chi connectivity index (χ1) is 6.73. The molecule has 0 saturated carbocycles. The average molecular weight is 188 g/mol. The maximum absolute atomic E-state index is 10.6. The minimum Gasteiger partial charge on any atom is -0.303 e. The summed E-state index contributed by atoms with van der Waals surface area (Å²) in [6.07, 6.45) is 5.08. The molecule has 0 aliphatic heterocycles. The fourth-order valence-electron chi connectivity index (χ4n) is 2.33. The Bertz CT molecular complexity index is 343. The quantitative estimate of drug-likeness (QED) is 0.652. The Labute approximate surface area is 85.1 Å². The molecule has 1 atom stereocenters. The van der Waals surface area contributed by atoms with E-state index in [9.17, 15) is 4.79 Å². The number of aryl methyl sites for hydroxylation is 1. The molecule has 1 unspecified atom stereocenters. The van der Waals surface area contributed by atoms with Gasteiger partial charge in [-0.1, -0.05) is 31.2 Å². The zero-order valence-corrected chi connectivity index (χ0v) is 8.62. The van der Waals surface area contributed by atoms with Crippen LogP contribution in [0.1, 0.15) is 30.9 Å². The van der Waals surface area contributed by atoms with Crippen LogP contribution in [0.2, 0.25) is 0 Å². The first-order valence-electron chi connectivity index (χ1n) is 5.24. The molecule has 1 aromatic rings. The Morgan fingerprint density at radius 1 is 1.36 bits per heavy atom. The van der Waals surface area contributed by atoms with Crippen molar-refractivity contribution in [2.24, 2.45) is 5.41 Å². The monoisotopic (exact) mass is 188 g/mol. The molecule has 74 valence electrons. The second-order valence-electron chi connectivity index (χ2n) is 4.63. The normalized spacial score (nSPS) is 25.5. The summed E-state index contributed by atoms with van der Waals surface area (Å²) in [6, 6.07) is 8.58. The zero-order valence-electron chi connectivity index (χ0n) is 8.62. The smallest absolute Gasteiger partial charge is 0.120 e. The third kappa shape index (κ3) is 1.72. The van der Waals surface area contributed by atoms with E-state index in [1.807, 2.05) is 0 Å². The van der Waals surface area contributed by atoms with Crippen LogP contribution in [0.15, 0.2) is 24.3 Å². The molecule has 0 aromatic heterocycles. The number of rotatable bonds is 2. The molecule has 1 nitrogen and oxygen atoms in total. The van der Waals surface area contributed by atoms with Crippen molar-refractivity contribution in [1.82, 2.24) is 0 Å². The fraction of sp³-hybridized carbons (Fsp3) is 0.462. The molecule has 1 aliphatic carbocycles. The lowest BCUT2D eigenvalue weighted by Gasteiger charge is -2.33. The number of hydrogen-bond acceptors (Lipinski definition) is 1. The number of fused-ring (bicyclic) bond motifs is 1. The number of carbonyl (C=O) groups is 1. The molecule has 0 bridgehead atoms. The van der Waals surface area contributed by atoms with Gasteiger partial charge >= 0.3 is 0 Å². The zero-order chi connectivity index (χ0) is 10.0. The summed E-state index contributed by atoms with van der Waals surface area (Å²) >= 11 is 0. The van der Waals surface area contributed by atoms with E-state index in [4.69, 9.17) is 0 Å². The van der Waals surface area contributed by atoms with Crippen molar-refractivity contribution >= 4 is 6.29 Å². The fourth-order valence-corrected chi connectivity index (χ4v) is 2.33. The maximum atomic E-state index is 10.6. The van der Waals surface area contributed by atoms with Crippen molar-refractivity contribution in [3.8, 4) is 0 Å². The van der Waals surface area contributed by atoms with Crippen LogP contribution in [0.4, 0.5) is 0 Å². The van der Waals surface area contributed by atoms with Gasteiger partial charge in [0.1, 0.15) is 6.29 Å². The summed E-state index contributed by atoms with van der Waals surface area (Å²) < 4.78 is 0. The molecule has 1 aliphatic rings. The van der Waals surface area contributed by atoms with Crippen LogP contribution in [0.5, 0.6) is 0 Å². The third-order valence-corrected chi connectivity index (χ3v) is 3.31. The molecule has 2 rings (SSSR count). The summed E-state index contributed by atoms with van der Waals surface area (Å²) in [6.45, 7) is 2.22. The summed E-state index contributed by atoms with van der Waals surface area (Å²) in [4.78, 5) is 10.6. The van der Waals surface area contributed by atoms with E-state index in [0.29, 0.717) is 6.42 Å². The molecule has 1 heteroatoms. The van der Waals surface area contributed by atoms with Gasteiger partial charge in [-0.3, -0.25) is 0 Å². The van der Waals surface area contributed by atoms with Crippen molar-refractivity contribution < 1.29 is 4.79 Å². The minimum absolute atomic E-state index is 0.204. The topological polar surface area (TPSA) is 17.1 Å². The largest absolute Gasteiger partial charge is 0.303 e. The second-order valence-corrected chi connectivity index (χ2v) is 4.63. The Morgan fingerprint density at radius 3 is 2.79 bits per heavy atom. The van der Waals surface area contributed by atoms with Gasteiger partial charge in [-0.2, -0.15) is 0 Å². The molecule has 1 aromatic carbocycles. The Morgan fingerprint density at radius 2 is 2.07 bits per heavy atom. The van der Waals surface area contributed by atoms with Gasteiger partial charge in [-0.05, 0) is 35.8 Å². The van der Waals surface area contributed by atoms with E-state index in [1.165, 1.54) is 11.1 Å². The van der Waals surface area contributed by atoms with Gasteiger partial charge in [-0.25, -0.2) is 0 Å². The lowest BCUT2D eigenvalue weighted by Crippen LogP contribution is -2.26. The first-order valence-corrected chi connectivity index (χ1v) is 5.24. The van der Waals surface area contributed by atoms with E-state index in [2.05, 4.69) is 31.2 Å². The molecule has 0 spiro atoms. The van der Waals surface area contributed by atoms with E-state index < -0.39 is 0 Å². The van der Waals surface area contributed by atoms with Crippen molar-refractivity contribution in [3.63, 3.8) is 0 Å². The predicted octanol–water partition coefficient (Wildman–Crippen LogP) is 2.77. The van der Waals surface area contributed by atoms with Crippen molar-refractivity contribution in [2.75, 3.05) is 0 Å². The average Bonchev–Trinajstić information content (AvgIpc) is 2.17. The van der Waals surface area contributed by atoms with Crippen LogP contribution in [-0.4, -0.2) is 6.29 Å². The maximum Gasteiger partial charge on any atom is 0.120 e. The van der Waals surface area contributed by atoms with Gasteiger partial charge in [-0.15, -0.1) is 0 Å². The van der Waals surface area contributed by atoms with Gasteiger partial charge in [0, 0.05) is 6.42 Å². The van der Waals surface area contributed by atoms with Crippen LogP contribution in [0, 0.1) is 5.41 Å². The van der Waals surface area contributed by atoms with Gasteiger partial charge in [0.2, 0.25) is 0 Å². The number of hydrogen-bond donors (Lipinski definition) is 0. The Kier molecular flexibility index (Phi) is 2.40. The molecular weight excluding hydrogens is 172 g/mol.